The maximum atomic E-state index is 12.7. The van der Waals surface area contributed by atoms with Gasteiger partial charge in [-0.15, -0.1) is 5.10 Å². The van der Waals surface area contributed by atoms with Crippen molar-refractivity contribution in [3.05, 3.63) is 45.1 Å². The van der Waals surface area contributed by atoms with Gasteiger partial charge < -0.3 is 4.74 Å². The molecule has 10 heteroatoms. The number of halogens is 4. The van der Waals surface area contributed by atoms with Gasteiger partial charge in [0.25, 0.3) is 11.6 Å². The maximum Gasteiger partial charge on any atom is 0.434 e. The molecule has 0 aliphatic heterocycles. The summed E-state index contributed by atoms with van der Waals surface area (Å²) in [4.78, 5) is 9.87. The zero-order chi connectivity index (χ0) is 15.8. The first-order valence-electron chi connectivity index (χ1n) is 5.42. The fraction of sp³-hybridized carbons (Fsp3) is 0.182. The molecule has 1 aromatic carbocycles. The van der Waals surface area contributed by atoms with Crippen LogP contribution in [0.15, 0.2) is 24.3 Å². The highest BCUT2D eigenvalue weighted by molar-refractivity contribution is 6.32. The minimum absolute atomic E-state index is 0.0781. The Morgan fingerprint density at radius 3 is 2.33 bits per heavy atom. The molecule has 112 valence electrons. The second kappa shape index (κ2) is 5.24. The molecule has 2 rings (SSSR count). The second-order valence-corrected chi connectivity index (χ2v) is 4.32. The molecule has 0 saturated heterocycles. The van der Waals surface area contributed by atoms with Crippen molar-refractivity contribution < 1.29 is 22.8 Å². The van der Waals surface area contributed by atoms with Gasteiger partial charge in [0.05, 0.1) is 4.92 Å². The van der Waals surface area contributed by atoms with Gasteiger partial charge in [0.1, 0.15) is 10.8 Å². The van der Waals surface area contributed by atoms with E-state index in [0.717, 1.165) is 19.2 Å². The third-order valence-corrected chi connectivity index (χ3v) is 2.83. The highest BCUT2D eigenvalue weighted by Crippen LogP contribution is 2.40. The van der Waals surface area contributed by atoms with Gasteiger partial charge in [0.2, 0.25) is 0 Å². The largest absolute Gasteiger partial charge is 0.436 e. The van der Waals surface area contributed by atoms with Crippen molar-refractivity contribution in [2.45, 2.75) is 6.18 Å². The first-order chi connectivity index (χ1) is 9.70. The van der Waals surface area contributed by atoms with E-state index in [4.69, 9.17) is 16.3 Å². The van der Waals surface area contributed by atoms with Crippen LogP contribution >= 0.6 is 11.6 Å². The summed E-state index contributed by atoms with van der Waals surface area (Å²) in [5.41, 5.74) is -1.31. The van der Waals surface area contributed by atoms with E-state index < -0.39 is 27.7 Å². The molecule has 0 fully saturated rings. The standard InChI is InChI=1S/C11H7ClF3N3O3/c1-17-9(11(13,14)15)8(12)10(16-17)21-7-4-2-6(3-5-7)18(19)20/h2-5H,1H3. The average molecular weight is 322 g/mol. The first kappa shape index (κ1) is 15.1. The van der Waals surface area contributed by atoms with E-state index in [2.05, 4.69) is 5.10 Å². The molecule has 0 aliphatic rings. The van der Waals surface area contributed by atoms with Crippen molar-refractivity contribution >= 4 is 17.3 Å². The number of non-ortho nitro benzene ring substituents is 1. The molecular formula is C11H7ClF3N3O3. The summed E-state index contributed by atoms with van der Waals surface area (Å²) < 4.78 is 43.9. The molecule has 1 heterocycles. The zero-order valence-electron chi connectivity index (χ0n) is 10.4. The van der Waals surface area contributed by atoms with Crippen molar-refractivity contribution in [1.29, 1.82) is 0 Å². The Kier molecular flexibility index (Phi) is 3.77. The number of alkyl halides is 3. The highest BCUT2D eigenvalue weighted by Gasteiger charge is 2.39. The molecule has 0 unspecified atom stereocenters. The zero-order valence-corrected chi connectivity index (χ0v) is 11.1. The summed E-state index contributed by atoms with van der Waals surface area (Å²) in [5.74, 6) is -0.352. The third kappa shape index (κ3) is 3.07. The minimum Gasteiger partial charge on any atom is -0.436 e. The summed E-state index contributed by atoms with van der Waals surface area (Å²) in [6, 6.07) is 4.76. The van der Waals surface area contributed by atoms with Crippen molar-refractivity contribution in [3.63, 3.8) is 0 Å². The summed E-state index contributed by atoms with van der Waals surface area (Å²) in [7, 11) is 1.08. The molecule has 0 radical (unpaired) electrons. The Morgan fingerprint density at radius 2 is 1.90 bits per heavy atom. The lowest BCUT2D eigenvalue weighted by Crippen LogP contribution is -2.12. The van der Waals surface area contributed by atoms with Crippen molar-refractivity contribution in [2.24, 2.45) is 7.05 Å². The Labute approximate surface area is 120 Å². The van der Waals surface area contributed by atoms with Crippen LogP contribution in [0.25, 0.3) is 0 Å². The van der Waals surface area contributed by atoms with Crippen LogP contribution in [0, 0.1) is 10.1 Å². The molecular weight excluding hydrogens is 315 g/mol. The smallest absolute Gasteiger partial charge is 0.434 e. The molecule has 0 saturated carbocycles. The predicted octanol–water partition coefficient (Wildman–Crippen LogP) is 3.79. The van der Waals surface area contributed by atoms with Gasteiger partial charge in [0, 0.05) is 19.2 Å². The Balaban J connectivity index is 2.30. The molecule has 0 bridgehead atoms. The number of aryl methyl sites for hydroxylation is 1. The maximum absolute atomic E-state index is 12.7. The van der Waals surface area contributed by atoms with Crippen LogP contribution in [0.5, 0.6) is 11.6 Å². The van der Waals surface area contributed by atoms with Crippen LogP contribution in [0.1, 0.15) is 5.69 Å². The van der Waals surface area contributed by atoms with Crippen LogP contribution in [0.3, 0.4) is 0 Å². The number of hydrogen-bond donors (Lipinski definition) is 0. The van der Waals surface area contributed by atoms with E-state index in [1.807, 2.05) is 0 Å². The van der Waals surface area contributed by atoms with Crippen LogP contribution < -0.4 is 4.74 Å². The number of benzene rings is 1. The number of rotatable bonds is 3. The van der Waals surface area contributed by atoms with Crippen molar-refractivity contribution in [1.82, 2.24) is 9.78 Å². The van der Waals surface area contributed by atoms with E-state index in [1.54, 1.807) is 0 Å². The minimum atomic E-state index is -4.67. The third-order valence-electron chi connectivity index (χ3n) is 2.49. The van der Waals surface area contributed by atoms with Gasteiger partial charge in [-0.3, -0.25) is 14.8 Å². The number of nitro groups is 1. The highest BCUT2D eigenvalue weighted by atomic mass is 35.5. The molecule has 6 nitrogen and oxygen atoms in total. The first-order valence-corrected chi connectivity index (χ1v) is 5.80. The monoisotopic (exact) mass is 321 g/mol. The lowest BCUT2D eigenvalue weighted by Gasteiger charge is -2.06. The molecule has 21 heavy (non-hydrogen) atoms. The molecule has 0 amide bonds. The van der Waals surface area contributed by atoms with E-state index >= 15 is 0 Å². The van der Waals surface area contributed by atoms with E-state index in [9.17, 15) is 23.3 Å². The van der Waals surface area contributed by atoms with E-state index in [-0.39, 0.29) is 11.4 Å². The molecule has 0 aliphatic carbocycles. The van der Waals surface area contributed by atoms with E-state index in [0.29, 0.717) is 4.68 Å². The van der Waals surface area contributed by atoms with Gasteiger partial charge in [0.15, 0.2) is 5.69 Å². The summed E-state index contributed by atoms with van der Waals surface area (Å²) in [5, 5.41) is 13.3. The Hall–Kier alpha value is -2.29. The normalized spacial score (nSPS) is 11.5. The number of nitro benzene ring substituents is 1. The summed E-state index contributed by atoms with van der Waals surface area (Å²) in [6.45, 7) is 0. The number of ether oxygens (including phenoxy) is 1. The summed E-state index contributed by atoms with van der Waals surface area (Å²) >= 11 is 5.61. The predicted molar refractivity (Wildman–Crippen MR) is 66.4 cm³/mol. The molecule has 2 aromatic rings. The molecule has 1 aromatic heterocycles. The van der Waals surface area contributed by atoms with Crippen LogP contribution in [-0.2, 0) is 13.2 Å². The lowest BCUT2D eigenvalue weighted by atomic mass is 10.3. The Bertz CT molecular complexity index is 683. The number of nitrogens with zero attached hydrogens (tertiary/aromatic N) is 3. The topological polar surface area (TPSA) is 70.2 Å². The van der Waals surface area contributed by atoms with Crippen molar-refractivity contribution in [3.8, 4) is 11.6 Å². The summed E-state index contributed by atoms with van der Waals surface area (Å²) in [6.07, 6.45) is -4.67. The Morgan fingerprint density at radius 1 is 1.33 bits per heavy atom. The van der Waals surface area contributed by atoms with E-state index in [1.165, 1.54) is 12.1 Å². The lowest BCUT2D eigenvalue weighted by molar-refractivity contribution is -0.384. The average Bonchev–Trinajstić information content (AvgIpc) is 2.64. The fourth-order valence-corrected chi connectivity index (χ4v) is 1.90. The van der Waals surface area contributed by atoms with Gasteiger partial charge >= 0.3 is 6.18 Å². The quantitative estimate of drug-likeness (QED) is 0.637. The van der Waals surface area contributed by atoms with Crippen LogP contribution in [-0.4, -0.2) is 14.7 Å². The SMILES string of the molecule is Cn1nc(Oc2ccc([N+](=O)[O-])cc2)c(Cl)c1C(F)(F)F. The van der Waals surface area contributed by atoms with Crippen molar-refractivity contribution in [2.75, 3.05) is 0 Å². The molecule has 0 atom stereocenters. The number of hydrogen-bond acceptors (Lipinski definition) is 4. The van der Waals surface area contributed by atoms with Gasteiger partial charge in [-0.05, 0) is 12.1 Å². The molecule has 0 N–H and O–H groups in total. The van der Waals surface area contributed by atoms with Crippen LogP contribution in [0.2, 0.25) is 5.02 Å². The van der Waals surface area contributed by atoms with Gasteiger partial charge in [-0.2, -0.15) is 13.2 Å². The fourth-order valence-electron chi connectivity index (χ4n) is 1.59. The molecule has 0 spiro atoms. The van der Waals surface area contributed by atoms with Gasteiger partial charge in [-0.25, -0.2) is 0 Å². The van der Waals surface area contributed by atoms with Crippen LogP contribution in [0.4, 0.5) is 18.9 Å². The second-order valence-electron chi connectivity index (χ2n) is 3.94. The number of aromatic nitrogens is 2. The van der Waals surface area contributed by atoms with Gasteiger partial charge in [-0.1, -0.05) is 11.6 Å².